The predicted molar refractivity (Wildman–Crippen MR) is 194 cm³/mol. The van der Waals surface area contributed by atoms with Crippen LogP contribution in [-0.2, 0) is 14.9 Å². The summed E-state index contributed by atoms with van der Waals surface area (Å²) in [7, 11) is 0. The van der Waals surface area contributed by atoms with Crippen molar-refractivity contribution in [3.8, 4) is 46.0 Å². The van der Waals surface area contributed by atoms with Crippen molar-refractivity contribution >= 4 is 0 Å². The minimum absolute atomic E-state index is 0.249. The van der Waals surface area contributed by atoms with Crippen LogP contribution in [0.1, 0.15) is 91.5 Å². The molecule has 2 aromatic rings. The Morgan fingerprint density at radius 2 is 0.673 bits per heavy atom. The lowest BCUT2D eigenvalue weighted by molar-refractivity contribution is 0.167. The van der Waals surface area contributed by atoms with Gasteiger partial charge in [0.05, 0.1) is 63.3 Å². The van der Waals surface area contributed by atoms with Crippen LogP contribution >= 0.6 is 0 Å². The topological polar surface area (TPSA) is 92.3 Å². The van der Waals surface area contributed by atoms with E-state index in [9.17, 15) is 0 Å². The molecule has 0 radical (unpaired) electrons. The van der Waals surface area contributed by atoms with Crippen LogP contribution < -0.4 is 37.9 Å². The van der Waals surface area contributed by atoms with Gasteiger partial charge in [-0.25, -0.2) is 0 Å². The summed E-state index contributed by atoms with van der Waals surface area (Å²) in [6.45, 7) is 27.1. The largest absolute Gasteiger partial charge is 0.498 e. The summed E-state index contributed by atoms with van der Waals surface area (Å²) in [6, 6.07) is 0. The molecule has 0 fully saturated rings. The van der Waals surface area contributed by atoms with Crippen LogP contribution in [0, 0.1) is 13.8 Å². The van der Waals surface area contributed by atoms with Crippen molar-refractivity contribution in [1.82, 2.24) is 0 Å². The van der Waals surface area contributed by atoms with Crippen molar-refractivity contribution in [3.05, 3.63) is 46.9 Å². The van der Waals surface area contributed by atoms with Gasteiger partial charge in [0.25, 0.3) is 0 Å². The highest BCUT2D eigenvalue weighted by molar-refractivity contribution is 5.75. The molecule has 0 spiro atoms. The monoisotopic (exact) mass is 688 g/mol. The van der Waals surface area contributed by atoms with Crippen molar-refractivity contribution in [1.29, 1.82) is 0 Å². The molecule has 0 bridgehead atoms. The van der Waals surface area contributed by atoms with Gasteiger partial charge in [0.1, 0.15) is 26.4 Å². The highest BCUT2D eigenvalue weighted by atomic mass is 16.6. The van der Waals surface area contributed by atoms with Crippen LogP contribution in [0.25, 0.3) is 0 Å². The standard InChI is InChI=1S/C39H60O10/c1-13-21-40-23-25-48-37-29(35(46-19-7)31(42-15-3)27(9)33(37)44-17-5)39(11,12)30-36(47-20-8)32(43-16-4)28(10)34(45-18-6)38(30)49-26-24-41-22-14-2/h13-14,21-22H,15-20,23-26H2,1-12H3. The first-order valence-electron chi connectivity index (χ1n) is 17.6. The van der Waals surface area contributed by atoms with E-state index in [0.717, 1.165) is 11.1 Å². The summed E-state index contributed by atoms with van der Waals surface area (Å²) < 4.78 is 62.8. The summed E-state index contributed by atoms with van der Waals surface area (Å²) in [5.74, 6) is 4.40. The summed E-state index contributed by atoms with van der Waals surface area (Å²) in [5.41, 5.74) is 1.98. The molecule has 0 aromatic heterocycles. The first-order valence-corrected chi connectivity index (χ1v) is 17.6. The van der Waals surface area contributed by atoms with Crippen LogP contribution in [0.5, 0.6) is 46.0 Å². The van der Waals surface area contributed by atoms with Crippen LogP contribution in [0.15, 0.2) is 24.7 Å². The van der Waals surface area contributed by atoms with E-state index in [2.05, 4.69) is 13.8 Å². The quantitative estimate of drug-likeness (QED) is 0.0787. The zero-order valence-electron chi connectivity index (χ0n) is 32.0. The van der Waals surface area contributed by atoms with Gasteiger partial charge < -0.3 is 47.4 Å². The minimum Gasteiger partial charge on any atom is -0.498 e. The maximum Gasteiger partial charge on any atom is 0.169 e. The predicted octanol–water partition coefficient (Wildman–Crippen LogP) is 8.88. The molecule has 0 saturated carbocycles. The molecule has 0 aliphatic heterocycles. The summed E-state index contributed by atoms with van der Waals surface area (Å²) in [5, 5.41) is 0. The Bertz CT molecular complexity index is 1260. The number of hydrogen-bond acceptors (Lipinski definition) is 10. The van der Waals surface area contributed by atoms with Crippen molar-refractivity contribution in [3.63, 3.8) is 0 Å². The van der Waals surface area contributed by atoms with Gasteiger partial charge in [0, 0.05) is 16.5 Å². The number of benzene rings is 2. The summed E-state index contributed by atoms with van der Waals surface area (Å²) >= 11 is 0. The number of rotatable bonds is 24. The molecule has 10 heteroatoms. The Morgan fingerprint density at radius 1 is 0.408 bits per heavy atom. The third kappa shape index (κ3) is 9.98. The fourth-order valence-corrected chi connectivity index (χ4v) is 5.63. The molecule has 0 atom stereocenters. The van der Waals surface area contributed by atoms with Crippen LogP contribution in [0.2, 0.25) is 0 Å². The van der Waals surface area contributed by atoms with Crippen LogP contribution in [0.3, 0.4) is 0 Å². The van der Waals surface area contributed by atoms with E-state index in [0.29, 0.717) is 110 Å². The molecule has 0 heterocycles. The third-order valence-electron chi connectivity index (χ3n) is 7.44. The molecule has 0 aliphatic carbocycles. The Balaban J connectivity index is 3.22. The number of hydrogen-bond donors (Lipinski definition) is 0. The lowest BCUT2D eigenvalue weighted by Crippen LogP contribution is -2.27. The minimum atomic E-state index is -0.954. The van der Waals surface area contributed by atoms with Gasteiger partial charge in [-0.3, -0.25) is 0 Å². The SMILES string of the molecule is CC=COCCOc1c(OCC)c(C)c(OCC)c(OCC)c1C(C)(C)c1c(OCC)c(OCC)c(C)c(OCC)c1OCCOC=CC. The molecule has 276 valence electrons. The molecule has 0 saturated heterocycles. The van der Waals surface area contributed by atoms with Gasteiger partial charge >= 0.3 is 0 Å². The normalized spacial score (nSPS) is 11.5. The Hall–Kier alpha value is -4.08. The fraction of sp³-hybridized carbons (Fsp3) is 0.590. The first kappa shape index (κ1) is 41.1. The van der Waals surface area contributed by atoms with Gasteiger partial charge in [0.15, 0.2) is 46.0 Å². The van der Waals surface area contributed by atoms with E-state index in [-0.39, 0.29) is 13.2 Å². The lowest BCUT2D eigenvalue weighted by Gasteiger charge is -2.36. The van der Waals surface area contributed by atoms with Gasteiger partial charge in [-0.1, -0.05) is 26.0 Å². The molecule has 0 unspecified atom stereocenters. The highest BCUT2D eigenvalue weighted by Gasteiger charge is 2.43. The highest BCUT2D eigenvalue weighted by Crippen LogP contribution is 2.60. The van der Waals surface area contributed by atoms with Crippen LogP contribution in [-0.4, -0.2) is 66.1 Å². The molecule has 0 aliphatic rings. The van der Waals surface area contributed by atoms with Crippen molar-refractivity contribution in [2.45, 2.75) is 88.5 Å². The molecular weight excluding hydrogens is 628 g/mol. The molecule has 49 heavy (non-hydrogen) atoms. The van der Waals surface area contributed by atoms with E-state index in [1.54, 1.807) is 12.5 Å². The second-order valence-corrected chi connectivity index (χ2v) is 11.2. The zero-order valence-corrected chi connectivity index (χ0v) is 32.0. The fourth-order valence-electron chi connectivity index (χ4n) is 5.63. The van der Waals surface area contributed by atoms with E-state index < -0.39 is 5.41 Å². The lowest BCUT2D eigenvalue weighted by atomic mass is 9.74. The van der Waals surface area contributed by atoms with Crippen LogP contribution in [0.4, 0.5) is 0 Å². The van der Waals surface area contributed by atoms with E-state index in [1.165, 1.54) is 0 Å². The third-order valence-corrected chi connectivity index (χ3v) is 7.44. The second-order valence-electron chi connectivity index (χ2n) is 11.2. The van der Waals surface area contributed by atoms with Gasteiger partial charge in [-0.05, 0) is 69.2 Å². The van der Waals surface area contributed by atoms with Crippen molar-refractivity contribution < 1.29 is 47.4 Å². The molecule has 10 nitrogen and oxygen atoms in total. The average Bonchev–Trinajstić information content (AvgIpc) is 3.07. The smallest absolute Gasteiger partial charge is 0.169 e. The number of ether oxygens (including phenoxy) is 10. The summed E-state index contributed by atoms with van der Waals surface area (Å²) in [4.78, 5) is 0. The maximum absolute atomic E-state index is 6.63. The number of allylic oxidation sites excluding steroid dienone is 2. The van der Waals surface area contributed by atoms with E-state index >= 15 is 0 Å². The maximum atomic E-state index is 6.63. The molecule has 0 N–H and O–H groups in total. The van der Waals surface area contributed by atoms with Crippen molar-refractivity contribution in [2.75, 3.05) is 66.1 Å². The Morgan fingerprint density at radius 3 is 0.939 bits per heavy atom. The second kappa shape index (κ2) is 21.1. The first-order chi connectivity index (χ1) is 23.7. The Kier molecular flexibility index (Phi) is 17.7. The van der Waals surface area contributed by atoms with E-state index in [1.807, 2.05) is 81.4 Å². The van der Waals surface area contributed by atoms with Gasteiger partial charge in [-0.15, -0.1) is 0 Å². The van der Waals surface area contributed by atoms with Gasteiger partial charge in [-0.2, -0.15) is 0 Å². The summed E-state index contributed by atoms with van der Waals surface area (Å²) in [6.07, 6.45) is 6.94. The zero-order chi connectivity index (χ0) is 36.4. The average molecular weight is 689 g/mol. The molecule has 2 rings (SSSR count). The van der Waals surface area contributed by atoms with Crippen molar-refractivity contribution in [2.24, 2.45) is 0 Å². The molecule has 0 amide bonds. The molecular formula is C39H60O10. The molecule has 2 aromatic carbocycles. The van der Waals surface area contributed by atoms with Gasteiger partial charge in [0.2, 0.25) is 0 Å². The van der Waals surface area contributed by atoms with E-state index in [4.69, 9.17) is 47.4 Å². The Labute approximate surface area is 294 Å².